The van der Waals surface area contributed by atoms with Gasteiger partial charge in [-0.15, -0.1) is 6.58 Å². The van der Waals surface area contributed by atoms with Crippen LogP contribution in [0.3, 0.4) is 0 Å². The SMILES string of the molecule is C=CCNC(=O)CC(=O)Nc1c(C)cccc1C. The van der Waals surface area contributed by atoms with Crippen LogP contribution in [0.15, 0.2) is 30.9 Å². The van der Waals surface area contributed by atoms with E-state index in [1.807, 2.05) is 32.0 Å². The van der Waals surface area contributed by atoms with Gasteiger partial charge in [0.25, 0.3) is 0 Å². The lowest BCUT2D eigenvalue weighted by molar-refractivity contribution is -0.126. The van der Waals surface area contributed by atoms with Crippen LogP contribution >= 0.6 is 0 Å². The fraction of sp³-hybridized carbons (Fsp3) is 0.286. The first-order chi connectivity index (χ1) is 8.54. The topological polar surface area (TPSA) is 58.2 Å². The van der Waals surface area contributed by atoms with Crippen molar-refractivity contribution in [3.8, 4) is 0 Å². The lowest BCUT2D eigenvalue weighted by Gasteiger charge is -2.11. The summed E-state index contributed by atoms with van der Waals surface area (Å²) in [6.45, 7) is 7.69. The molecule has 0 bridgehead atoms. The minimum absolute atomic E-state index is 0.179. The van der Waals surface area contributed by atoms with Crippen molar-refractivity contribution < 1.29 is 9.59 Å². The van der Waals surface area contributed by atoms with Gasteiger partial charge in [-0.3, -0.25) is 9.59 Å². The predicted molar refractivity (Wildman–Crippen MR) is 72.4 cm³/mol. The first kappa shape index (κ1) is 14.0. The number of anilines is 1. The van der Waals surface area contributed by atoms with E-state index >= 15 is 0 Å². The number of carbonyl (C=O) groups is 2. The van der Waals surface area contributed by atoms with E-state index in [0.29, 0.717) is 6.54 Å². The predicted octanol–water partition coefficient (Wildman–Crippen LogP) is 1.93. The lowest BCUT2D eigenvalue weighted by Crippen LogP contribution is -2.28. The molecule has 0 saturated heterocycles. The van der Waals surface area contributed by atoms with Gasteiger partial charge in [0.2, 0.25) is 11.8 Å². The van der Waals surface area contributed by atoms with Gasteiger partial charge in [0.05, 0.1) is 0 Å². The van der Waals surface area contributed by atoms with Gasteiger partial charge in [-0.1, -0.05) is 24.3 Å². The Morgan fingerprint density at radius 1 is 1.22 bits per heavy atom. The molecule has 0 atom stereocenters. The molecule has 0 spiro atoms. The molecule has 0 radical (unpaired) electrons. The zero-order valence-corrected chi connectivity index (χ0v) is 10.7. The first-order valence-electron chi connectivity index (χ1n) is 5.78. The first-order valence-corrected chi connectivity index (χ1v) is 5.78. The van der Waals surface area contributed by atoms with Crippen molar-refractivity contribution in [2.24, 2.45) is 0 Å². The molecule has 0 aliphatic rings. The Kier molecular flexibility index (Phi) is 5.11. The van der Waals surface area contributed by atoms with Crippen molar-refractivity contribution in [2.75, 3.05) is 11.9 Å². The minimum atomic E-state index is -0.311. The third-order valence-electron chi connectivity index (χ3n) is 2.51. The summed E-state index contributed by atoms with van der Waals surface area (Å²) < 4.78 is 0. The van der Waals surface area contributed by atoms with E-state index in [1.54, 1.807) is 6.08 Å². The number of benzene rings is 1. The van der Waals surface area contributed by atoms with Crippen LogP contribution in [0.1, 0.15) is 17.5 Å². The second-order valence-corrected chi connectivity index (χ2v) is 4.08. The molecular formula is C14H18N2O2. The van der Waals surface area contributed by atoms with Crippen LogP contribution in [0.2, 0.25) is 0 Å². The van der Waals surface area contributed by atoms with Crippen LogP contribution in [0, 0.1) is 13.8 Å². The highest BCUT2D eigenvalue weighted by Crippen LogP contribution is 2.19. The molecule has 0 unspecified atom stereocenters. The van der Waals surface area contributed by atoms with E-state index in [2.05, 4.69) is 17.2 Å². The maximum Gasteiger partial charge on any atom is 0.233 e. The lowest BCUT2D eigenvalue weighted by atomic mass is 10.1. The average Bonchev–Trinajstić information content (AvgIpc) is 2.31. The largest absolute Gasteiger partial charge is 0.352 e. The van der Waals surface area contributed by atoms with E-state index in [4.69, 9.17) is 0 Å². The van der Waals surface area contributed by atoms with Crippen molar-refractivity contribution in [3.05, 3.63) is 42.0 Å². The molecule has 2 N–H and O–H groups in total. The van der Waals surface area contributed by atoms with Crippen LogP contribution in [0.4, 0.5) is 5.69 Å². The Hall–Kier alpha value is -2.10. The number of hydrogen-bond donors (Lipinski definition) is 2. The molecule has 96 valence electrons. The van der Waals surface area contributed by atoms with Gasteiger partial charge in [-0.2, -0.15) is 0 Å². The van der Waals surface area contributed by atoms with E-state index in [-0.39, 0.29) is 18.2 Å². The summed E-state index contributed by atoms with van der Waals surface area (Å²) in [6.07, 6.45) is 1.39. The summed E-state index contributed by atoms with van der Waals surface area (Å²) in [5.41, 5.74) is 2.74. The zero-order valence-electron chi connectivity index (χ0n) is 10.7. The number of aryl methyl sites for hydroxylation is 2. The summed E-state index contributed by atoms with van der Waals surface area (Å²) in [4.78, 5) is 23.0. The molecule has 1 rings (SSSR count). The van der Waals surface area contributed by atoms with Crippen molar-refractivity contribution in [1.29, 1.82) is 0 Å². The molecule has 0 saturated carbocycles. The van der Waals surface area contributed by atoms with Gasteiger partial charge in [-0.25, -0.2) is 0 Å². The van der Waals surface area contributed by atoms with Crippen LogP contribution in [0.5, 0.6) is 0 Å². The molecule has 1 aromatic rings. The molecule has 4 heteroatoms. The smallest absolute Gasteiger partial charge is 0.233 e. The van der Waals surface area contributed by atoms with Gasteiger partial charge < -0.3 is 10.6 Å². The Morgan fingerprint density at radius 3 is 2.39 bits per heavy atom. The van der Waals surface area contributed by atoms with Gasteiger partial charge in [0, 0.05) is 12.2 Å². The summed E-state index contributed by atoms with van der Waals surface area (Å²) >= 11 is 0. The molecule has 0 heterocycles. The number of para-hydroxylation sites is 1. The van der Waals surface area contributed by atoms with Crippen molar-refractivity contribution >= 4 is 17.5 Å². The number of carbonyl (C=O) groups excluding carboxylic acids is 2. The monoisotopic (exact) mass is 246 g/mol. The quantitative estimate of drug-likeness (QED) is 0.616. The van der Waals surface area contributed by atoms with E-state index in [9.17, 15) is 9.59 Å². The molecule has 2 amide bonds. The molecule has 0 aromatic heterocycles. The van der Waals surface area contributed by atoms with Crippen molar-refractivity contribution in [3.63, 3.8) is 0 Å². The highest BCUT2D eigenvalue weighted by Gasteiger charge is 2.11. The fourth-order valence-electron chi connectivity index (χ4n) is 1.59. The second-order valence-electron chi connectivity index (χ2n) is 4.08. The molecular weight excluding hydrogens is 228 g/mol. The Labute approximate surface area is 107 Å². The summed E-state index contributed by atoms with van der Waals surface area (Å²) in [6, 6.07) is 5.76. The van der Waals surface area contributed by atoms with Crippen LogP contribution in [-0.4, -0.2) is 18.4 Å². The van der Waals surface area contributed by atoms with Crippen LogP contribution in [-0.2, 0) is 9.59 Å². The summed E-state index contributed by atoms with van der Waals surface area (Å²) in [5.74, 6) is -0.618. The van der Waals surface area contributed by atoms with Gasteiger partial charge in [0.1, 0.15) is 6.42 Å². The third kappa shape index (κ3) is 4.05. The van der Waals surface area contributed by atoms with E-state index in [1.165, 1.54) is 0 Å². The van der Waals surface area contributed by atoms with Gasteiger partial charge >= 0.3 is 0 Å². The zero-order chi connectivity index (χ0) is 13.5. The number of nitrogens with one attached hydrogen (secondary N) is 2. The normalized spacial score (nSPS) is 9.67. The van der Waals surface area contributed by atoms with E-state index in [0.717, 1.165) is 16.8 Å². The van der Waals surface area contributed by atoms with Crippen LogP contribution in [0.25, 0.3) is 0 Å². The summed E-state index contributed by atoms with van der Waals surface area (Å²) in [5, 5.41) is 5.32. The molecule has 0 aliphatic heterocycles. The third-order valence-corrected chi connectivity index (χ3v) is 2.51. The van der Waals surface area contributed by atoms with Crippen molar-refractivity contribution in [2.45, 2.75) is 20.3 Å². The Bertz CT molecular complexity index is 447. The van der Waals surface area contributed by atoms with Gasteiger partial charge in [-0.05, 0) is 25.0 Å². The average molecular weight is 246 g/mol. The highest BCUT2D eigenvalue weighted by atomic mass is 16.2. The number of hydrogen-bond acceptors (Lipinski definition) is 2. The summed E-state index contributed by atoms with van der Waals surface area (Å²) in [7, 11) is 0. The molecule has 0 fully saturated rings. The fourth-order valence-corrected chi connectivity index (χ4v) is 1.59. The Morgan fingerprint density at radius 2 is 1.83 bits per heavy atom. The second kappa shape index (κ2) is 6.59. The van der Waals surface area contributed by atoms with Gasteiger partial charge in [0.15, 0.2) is 0 Å². The van der Waals surface area contributed by atoms with Crippen LogP contribution < -0.4 is 10.6 Å². The molecule has 1 aromatic carbocycles. The Balaban J connectivity index is 2.60. The molecule has 4 nitrogen and oxygen atoms in total. The highest BCUT2D eigenvalue weighted by molar-refractivity contribution is 6.04. The maximum atomic E-state index is 11.7. The standard InChI is InChI=1S/C14H18N2O2/c1-4-8-15-12(17)9-13(18)16-14-10(2)6-5-7-11(14)3/h4-7H,1,8-9H2,2-3H3,(H,15,17)(H,16,18). The number of rotatable bonds is 5. The van der Waals surface area contributed by atoms with E-state index < -0.39 is 0 Å². The minimum Gasteiger partial charge on any atom is -0.352 e. The number of amides is 2. The maximum absolute atomic E-state index is 11.7. The molecule has 0 aliphatic carbocycles. The van der Waals surface area contributed by atoms with Crippen molar-refractivity contribution in [1.82, 2.24) is 5.32 Å². The molecule has 18 heavy (non-hydrogen) atoms.